The SMILES string of the molecule is CCN(CC)C(=O)c1ccccc1S(=O)(=O)C1=C(C(=O)OCc2ccc([N+](=O)[O-])cc2)N2C(=O)C(C(C)O)[C@H]2C1C. The molecule has 1 N–H and O–H groups in total. The Kier molecular flexibility index (Phi) is 8.31. The first-order chi connectivity index (χ1) is 19.4. The molecule has 0 spiro atoms. The Balaban J connectivity index is 1.78. The van der Waals surface area contributed by atoms with Gasteiger partial charge in [0, 0.05) is 31.1 Å². The van der Waals surface area contributed by atoms with E-state index in [0.717, 1.165) is 4.90 Å². The van der Waals surface area contributed by atoms with Crippen molar-refractivity contribution < 1.29 is 37.6 Å². The number of aliphatic hydroxyl groups is 1. The van der Waals surface area contributed by atoms with E-state index in [2.05, 4.69) is 0 Å². The molecule has 0 saturated carbocycles. The summed E-state index contributed by atoms with van der Waals surface area (Å²) in [6, 6.07) is 10.2. The highest BCUT2D eigenvalue weighted by Gasteiger charge is 2.62. The molecule has 2 aromatic carbocycles. The van der Waals surface area contributed by atoms with Gasteiger partial charge in [-0.3, -0.25) is 19.7 Å². The number of sulfone groups is 1. The molecular weight excluding hydrogens is 554 g/mol. The van der Waals surface area contributed by atoms with E-state index in [-0.39, 0.29) is 27.7 Å². The standard InChI is InChI=1S/C28H31N3O9S/c1-5-29(6-2)26(33)20-9-7-8-10-21(20)41(38,39)25-16(3)23-22(17(4)32)27(34)30(23)24(25)28(35)40-15-18-11-13-19(14-12-18)31(36)37/h7-14,16-17,22-23,32H,5-6,15H2,1-4H3/t16?,17?,22?,23-/m1/s1. The van der Waals surface area contributed by atoms with Crippen molar-refractivity contribution in [3.63, 3.8) is 0 Å². The Morgan fingerprint density at radius 1 is 1.12 bits per heavy atom. The molecule has 13 heteroatoms. The summed E-state index contributed by atoms with van der Waals surface area (Å²) < 4.78 is 33.9. The van der Waals surface area contributed by atoms with Gasteiger partial charge in [0.15, 0.2) is 0 Å². The van der Waals surface area contributed by atoms with Gasteiger partial charge in [-0.05, 0) is 50.6 Å². The summed E-state index contributed by atoms with van der Waals surface area (Å²) in [6.07, 6.45) is -1.10. The van der Waals surface area contributed by atoms with E-state index in [0.29, 0.717) is 18.7 Å². The zero-order valence-electron chi connectivity index (χ0n) is 23.0. The molecule has 12 nitrogen and oxygen atoms in total. The molecule has 0 bridgehead atoms. The lowest BCUT2D eigenvalue weighted by molar-refractivity contribution is -0.384. The zero-order chi connectivity index (χ0) is 30.2. The van der Waals surface area contributed by atoms with Crippen LogP contribution >= 0.6 is 0 Å². The lowest BCUT2D eigenvalue weighted by Gasteiger charge is -2.46. The van der Waals surface area contributed by atoms with Gasteiger partial charge in [-0.2, -0.15) is 0 Å². The number of rotatable bonds is 10. The van der Waals surface area contributed by atoms with Gasteiger partial charge in [0.25, 0.3) is 11.6 Å². The van der Waals surface area contributed by atoms with Crippen LogP contribution in [0.2, 0.25) is 0 Å². The maximum absolute atomic E-state index is 14.3. The van der Waals surface area contributed by atoms with Gasteiger partial charge in [0.05, 0.1) is 38.4 Å². The summed E-state index contributed by atoms with van der Waals surface area (Å²) in [7, 11) is -4.52. The number of benzene rings is 2. The van der Waals surface area contributed by atoms with Crippen LogP contribution in [-0.2, 0) is 30.8 Å². The molecule has 2 heterocycles. The van der Waals surface area contributed by atoms with E-state index >= 15 is 0 Å². The minimum absolute atomic E-state index is 0.0675. The van der Waals surface area contributed by atoms with Gasteiger partial charge < -0.3 is 19.6 Å². The van der Waals surface area contributed by atoms with Gasteiger partial charge in [0.2, 0.25) is 15.7 Å². The van der Waals surface area contributed by atoms with Gasteiger partial charge in [-0.25, -0.2) is 13.2 Å². The lowest BCUT2D eigenvalue weighted by Crippen LogP contribution is -2.63. The van der Waals surface area contributed by atoms with E-state index in [1.807, 2.05) is 0 Å². The molecule has 2 aliphatic rings. The van der Waals surface area contributed by atoms with Crippen molar-refractivity contribution in [3.05, 3.63) is 80.4 Å². The molecule has 2 amide bonds. The van der Waals surface area contributed by atoms with Crippen LogP contribution in [0, 0.1) is 22.0 Å². The number of β-lactam (4-membered cyclic amide) rings is 1. The molecule has 1 saturated heterocycles. The number of esters is 1. The average molecular weight is 586 g/mol. The highest BCUT2D eigenvalue weighted by atomic mass is 32.2. The van der Waals surface area contributed by atoms with Crippen molar-refractivity contribution in [3.8, 4) is 0 Å². The first-order valence-electron chi connectivity index (χ1n) is 13.2. The third-order valence-electron chi connectivity index (χ3n) is 7.57. The van der Waals surface area contributed by atoms with Crippen LogP contribution in [0.3, 0.4) is 0 Å². The smallest absolute Gasteiger partial charge is 0.356 e. The van der Waals surface area contributed by atoms with E-state index in [9.17, 15) is 38.0 Å². The molecule has 0 radical (unpaired) electrons. The lowest BCUT2D eigenvalue weighted by atomic mass is 9.79. The molecule has 2 aliphatic heterocycles. The normalized spacial score (nSPS) is 20.8. The molecular formula is C28H31N3O9S. The summed E-state index contributed by atoms with van der Waals surface area (Å²) in [4.78, 5) is 52.0. The minimum Gasteiger partial charge on any atom is -0.456 e. The maximum atomic E-state index is 14.3. The number of hydrogen-bond donors (Lipinski definition) is 1. The number of carbonyl (C=O) groups excluding carboxylic acids is 3. The fourth-order valence-electron chi connectivity index (χ4n) is 5.49. The summed E-state index contributed by atoms with van der Waals surface area (Å²) in [6.45, 7) is 6.87. The Hall–Kier alpha value is -4.10. The average Bonchev–Trinajstić information content (AvgIpc) is 3.21. The largest absolute Gasteiger partial charge is 0.456 e. The van der Waals surface area contributed by atoms with E-state index in [1.54, 1.807) is 26.8 Å². The fraction of sp³-hybridized carbons (Fsp3) is 0.393. The van der Waals surface area contributed by atoms with Gasteiger partial charge in [0.1, 0.15) is 12.3 Å². The number of aliphatic hydroxyl groups excluding tert-OH is 1. The third kappa shape index (κ3) is 5.10. The van der Waals surface area contributed by atoms with Crippen molar-refractivity contribution in [1.29, 1.82) is 0 Å². The summed E-state index contributed by atoms with van der Waals surface area (Å²) in [5.74, 6) is -4.01. The van der Waals surface area contributed by atoms with Crippen LogP contribution in [-0.4, -0.2) is 71.3 Å². The second kappa shape index (κ2) is 11.4. The number of amides is 2. The number of nitro groups is 1. The number of ether oxygens (including phenoxy) is 1. The maximum Gasteiger partial charge on any atom is 0.356 e. The Morgan fingerprint density at radius 3 is 2.29 bits per heavy atom. The first kappa shape index (κ1) is 29.9. The second-order valence-corrected chi connectivity index (χ2v) is 11.8. The Morgan fingerprint density at radius 2 is 1.73 bits per heavy atom. The minimum atomic E-state index is -4.52. The molecule has 41 heavy (non-hydrogen) atoms. The summed E-state index contributed by atoms with van der Waals surface area (Å²) in [5, 5.41) is 21.2. The molecule has 218 valence electrons. The number of carbonyl (C=O) groups is 3. The topological polar surface area (TPSA) is 164 Å². The van der Waals surface area contributed by atoms with Crippen LogP contribution < -0.4 is 0 Å². The summed E-state index contributed by atoms with van der Waals surface area (Å²) in [5.41, 5.74) is -0.279. The molecule has 0 aromatic heterocycles. The predicted octanol–water partition coefficient (Wildman–Crippen LogP) is 2.66. The number of nitro benzene ring substituents is 1. The Labute approximate surface area is 237 Å². The molecule has 0 aliphatic carbocycles. The van der Waals surface area contributed by atoms with Gasteiger partial charge in [-0.1, -0.05) is 19.1 Å². The second-order valence-electron chi connectivity index (χ2n) is 9.94. The van der Waals surface area contributed by atoms with Crippen LogP contribution in [0.25, 0.3) is 0 Å². The van der Waals surface area contributed by atoms with Crippen LogP contribution in [0.15, 0.2) is 64.0 Å². The number of nitrogens with zero attached hydrogens (tertiary/aromatic N) is 3. The van der Waals surface area contributed by atoms with Gasteiger partial charge in [-0.15, -0.1) is 0 Å². The van der Waals surface area contributed by atoms with Crippen molar-refractivity contribution in [2.24, 2.45) is 11.8 Å². The van der Waals surface area contributed by atoms with Crippen molar-refractivity contribution in [2.45, 2.75) is 51.3 Å². The number of non-ortho nitro benzene ring substituents is 1. The molecule has 4 atom stereocenters. The van der Waals surface area contributed by atoms with Crippen molar-refractivity contribution >= 4 is 33.3 Å². The highest BCUT2D eigenvalue weighted by molar-refractivity contribution is 7.95. The monoisotopic (exact) mass is 585 g/mol. The predicted molar refractivity (Wildman–Crippen MR) is 146 cm³/mol. The quantitative estimate of drug-likeness (QED) is 0.191. The number of hydrogen-bond acceptors (Lipinski definition) is 9. The van der Waals surface area contributed by atoms with Crippen molar-refractivity contribution in [2.75, 3.05) is 13.1 Å². The fourth-order valence-corrected chi connectivity index (χ4v) is 7.49. The molecule has 4 rings (SSSR count). The molecule has 2 aromatic rings. The van der Waals surface area contributed by atoms with E-state index in [4.69, 9.17) is 4.74 Å². The summed E-state index contributed by atoms with van der Waals surface area (Å²) >= 11 is 0. The Bertz CT molecular complexity index is 1530. The molecule has 1 fully saturated rings. The van der Waals surface area contributed by atoms with Gasteiger partial charge >= 0.3 is 5.97 Å². The highest BCUT2D eigenvalue weighted by Crippen LogP contribution is 2.50. The third-order valence-corrected chi connectivity index (χ3v) is 9.65. The van der Waals surface area contributed by atoms with Crippen LogP contribution in [0.5, 0.6) is 0 Å². The zero-order valence-corrected chi connectivity index (χ0v) is 23.8. The van der Waals surface area contributed by atoms with E-state index < -0.39 is 62.2 Å². The first-order valence-corrected chi connectivity index (χ1v) is 14.6. The van der Waals surface area contributed by atoms with Crippen molar-refractivity contribution in [1.82, 2.24) is 9.80 Å². The van der Waals surface area contributed by atoms with Crippen LogP contribution in [0.1, 0.15) is 43.6 Å². The van der Waals surface area contributed by atoms with Crippen LogP contribution in [0.4, 0.5) is 5.69 Å². The number of fused-ring (bicyclic) bond motifs is 1. The van der Waals surface area contributed by atoms with E-state index in [1.165, 1.54) is 54.3 Å². The molecule has 3 unspecified atom stereocenters.